The highest BCUT2D eigenvalue weighted by Gasteiger charge is 2.12. The minimum absolute atomic E-state index is 0.0155. The van der Waals surface area contributed by atoms with Gasteiger partial charge < -0.3 is 0 Å². The Morgan fingerprint density at radius 3 is 2.69 bits per heavy atom. The fourth-order valence-electron chi connectivity index (χ4n) is 1.58. The quantitative estimate of drug-likeness (QED) is 0.583. The van der Waals surface area contributed by atoms with E-state index in [4.69, 9.17) is 23.2 Å². The average Bonchev–Trinajstić information content (AvgIpc) is 2.15. The lowest BCUT2D eigenvalue weighted by Gasteiger charge is -2.13. The summed E-state index contributed by atoms with van der Waals surface area (Å²) in [7, 11) is 0. The van der Waals surface area contributed by atoms with E-state index in [1.165, 1.54) is 10.8 Å². The molecule has 0 aliphatic carbocycles. The second-order valence-corrected chi connectivity index (χ2v) is 4.42. The first-order chi connectivity index (χ1) is 7.50. The van der Waals surface area contributed by atoms with E-state index >= 15 is 0 Å². The number of nitrogens with zero attached hydrogens (tertiary/aromatic N) is 3. The summed E-state index contributed by atoms with van der Waals surface area (Å²) in [6.07, 6.45) is 1.52. The molecule has 0 atom stereocenters. The van der Waals surface area contributed by atoms with Crippen LogP contribution in [0.1, 0.15) is 19.9 Å². The minimum atomic E-state index is -0.380. The second-order valence-electron chi connectivity index (χ2n) is 3.67. The fourth-order valence-corrected chi connectivity index (χ4v) is 1.95. The van der Waals surface area contributed by atoms with Crippen LogP contribution in [0.2, 0.25) is 10.3 Å². The molecule has 0 fully saturated rings. The Kier molecular flexibility index (Phi) is 2.86. The third-order valence-corrected chi connectivity index (χ3v) is 2.74. The monoisotopic (exact) mass is 257 g/mol. The van der Waals surface area contributed by atoms with Gasteiger partial charge in [-0.3, -0.25) is 4.57 Å². The smallest absolute Gasteiger partial charge is 0.289 e. The molecule has 0 bridgehead atoms. The van der Waals surface area contributed by atoms with Gasteiger partial charge in [0, 0.05) is 18.3 Å². The molecule has 84 valence electrons. The van der Waals surface area contributed by atoms with E-state index in [0.717, 1.165) is 0 Å². The van der Waals surface area contributed by atoms with Crippen LogP contribution in [0.4, 0.5) is 0 Å². The summed E-state index contributed by atoms with van der Waals surface area (Å²) in [6, 6.07) is 1.60. The summed E-state index contributed by atoms with van der Waals surface area (Å²) in [5.74, 6) is 0. The predicted molar refractivity (Wildman–Crippen MR) is 64.2 cm³/mol. The van der Waals surface area contributed by atoms with Crippen molar-refractivity contribution in [3.8, 4) is 0 Å². The van der Waals surface area contributed by atoms with E-state index in [-0.39, 0.29) is 16.9 Å². The predicted octanol–water partition coefficient (Wildman–Crippen LogP) is 2.68. The zero-order chi connectivity index (χ0) is 11.9. The highest BCUT2D eigenvalue weighted by Crippen LogP contribution is 2.22. The number of hydrogen-bond acceptors (Lipinski definition) is 3. The lowest BCUT2D eigenvalue weighted by atomic mass is 10.3. The molecule has 2 heterocycles. The number of halogens is 2. The topological polar surface area (TPSA) is 47.8 Å². The van der Waals surface area contributed by atoms with Gasteiger partial charge in [-0.25, -0.2) is 9.78 Å². The van der Waals surface area contributed by atoms with Gasteiger partial charge in [0.2, 0.25) is 0 Å². The summed E-state index contributed by atoms with van der Waals surface area (Å²) in [6.45, 7) is 3.79. The molecule has 0 unspecified atom stereocenters. The summed E-state index contributed by atoms with van der Waals surface area (Å²) in [5, 5.41) is 1.10. The van der Waals surface area contributed by atoms with E-state index in [9.17, 15) is 4.79 Å². The van der Waals surface area contributed by atoms with Crippen molar-refractivity contribution in [2.45, 2.75) is 19.9 Å². The molecule has 0 N–H and O–H groups in total. The van der Waals surface area contributed by atoms with Crippen molar-refractivity contribution in [1.82, 2.24) is 14.5 Å². The maximum Gasteiger partial charge on any atom is 0.349 e. The maximum atomic E-state index is 11.7. The largest absolute Gasteiger partial charge is 0.349 e. The van der Waals surface area contributed by atoms with Crippen LogP contribution in [-0.4, -0.2) is 14.5 Å². The molecular formula is C10H9Cl2N3O. The van der Waals surface area contributed by atoms with Crippen LogP contribution in [0, 0.1) is 0 Å². The van der Waals surface area contributed by atoms with Crippen LogP contribution in [-0.2, 0) is 0 Å². The molecule has 2 aromatic rings. The molecule has 0 aliphatic heterocycles. The van der Waals surface area contributed by atoms with Crippen LogP contribution in [0.15, 0.2) is 17.1 Å². The highest BCUT2D eigenvalue weighted by atomic mass is 35.5. The molecule has 0 amide bonds. The first-order valence-electron chi connectivity index (χ1n) is 4.74. The van der Waals surface area contributed by atoms with Crippen molar-refractivity contribution in [2.24, 2.45) is 0 Å². The number of aromatic nitrogens is 3. The van der Waals surface area contributed by atoms with E-state index in [1.54, 1.807) is 6.07 Å². The Labute approximate surface area is 102 Å². The Hall–Kier alpha value is -1.13. The highest BCUT2D eigenvalue weighted by molar-refractivity contribution is 6.34. The summed E-state index contributed by atoms with van der Waals surface area (Å²) in [4.78, 5) is 19.4. The molecule has 16 heavy (non-hydrogen) atoms. The van der Waals surface area contributed by atoms with Crippen LogP contribution in [0.5, 0.6) is 0 Å². The van der Waals surface area contributed by atoms with Gasteiger partial charge in [0.05, 0.1) is 10.9 Å². The standard InChI is InChI=1S/C10H9Cl2N3O/c1-5(2)15-7-3-8(11)13-4-6(7)9(12)14-10(15)16/h3-5H,1-2H3. The molecule has 4 nitrogen and oxygen atoms in total. The molecule has 0 radical (unpaired) electrons. The maximum absolute atomic E-state index is 11.7. The lowest BCUT2D eigenvalue weighted by molar-refractivity contribution is 0.586. The molecule has 0 aliphatic rings. The normalized spacial score (nSPS) is 11.3. The molecule has 0 aromatic carbocycles. The first kappa shape index (κ1) is 11.4. The number of pyridine rings is 1. The summed E-state index contributed by atoms with van der Waals surface area (Å²) < 4.78 is 1.54. The van der Waals surface area contributed by atoms with Gasteiger partial charge in [-0.2, -0.15) is 4.98 Å². The molecule has 2 aromatic heterocycles. The molecule has 2 rings (SSSR count). The summed E-state index contributed by atoms with van der Waals surface area (Å²) >= 11 is 11.7. The zero-order valence-corrected chi connectivity index (χ0v) is 10.2. The zero-order valence-electron chi connectivity index (χ0n) is 8.74. The van der Waals surface area contributed by atoms with Crippen molar-refractivity contribution >= 4 is 34.1 Å². The Morgan fingerprint density at radius 1 is 1.38 bits per heavy atom. The van der Waals surface area contributed by atoms with Crippen LogP contribution in [0.25, 0.3) is 10.9 Å². The van der Waals surface area contributed by atoms with E-state index in [2.05, 4.69) is 9.97 Å². The van der Waals surface area contributed by atoms with E-state index < -0.39 is 0 Å². The van der Waals surface area contributed by atoms with Crippen molar-refractivity contribution in [2.75, 3.05) is 0 Å². The molecule has 0 spiro atoms. The Morgan fingerprint density at radius 2 is 2.06 bits per heavy atom. The van der Waals surface area contributed by atoms with E-state index in [0.29, 0.717) is 16.1 Å². The number of fused-ring (bicyclic) bond motifs is 1. The molecule has 0 saturated carbocycles. The van der Waals surface area contributed by atoms with Gasteiger partial charge in [0.25, 0.3) is 0 Å². The van der Waals surface area contributed by atoms with Crippen LogP contribution >= 0.6 is 23.2 Å². The Balaban J connectivity index is 2.98. The lowest BCUT2D eigenvalue weighted by Crippen LogP contribution is -2.25. The van der Waals surface area contributed by atoms with Gasteiger partial charge >= 0.3 is 5.69 Å². The van der Waals surface area contributed by atoms with Crippen LogP contribution in [0.3, 0.4) is 0 Å². The van der Waals surface area contributed by atoms with E-state index in [1.807, 2.05) is 13.8 Å². The van der Waals surface area contributed by atoms with Gasteiger partial charge in [-0.15, -0.1) is 0 Å². The van der Waals surface area contributed by atoms with Gasteiger partial charge in [0.15, 0.2) is 0 Å². The first-order valence-corrected chi connectivity index (χ1v) is 5.49. The molecular weight excluding hydrogens is 249 g/mol. The fraction of sp³-hybridized carbons (Fsp3) is 0.300. The third kappa shape index (κ3) is 1.79. The van der Waals surface area contributed by atoms with Gasteiger partial charge in [0.1, 0.15) is 10.3 Å². The number of rotatable bonds is 1. The molecule has 6 heteroatoms. The minimum Gasteiger partial charge on any atom is -0.289 e. The Bertz CT molecular complexity index is 607. The third-order valence-electron chi connectivity index (χ3n) is 2.25. The summed E-state index contributed by atoms with van der Waals surface area (Å²) in [5.41, 5.74) is 0.273. The van der Waals surface area contributed by atoms with Crippen molar-refractivity contribution < 1.29 is 0 Å². The van der Waals surface area contributed by atoms with Crippen LogP contribution < -0.4 is 5.69 Å². The molecule has 0 saturated heterocycles. The number of hydrogen-bond donors (Lipinski definition) is 0. The van der Waals surface area contributed by atoms with Crippen molar-refractivity contribution in [3.63, 3.8) is 0 Å². The van der Waals surface area contributed by atoms with Crippen molar-refractivity contribution in [1.29, 1.82) is 0 Å². The van der Waals surface area contributed by atoms with Crippen molar-refractivity contribution in [3.05, 3.63) is 33.1 Å². The van der Waals surface area contributed by atoms with Gasteiger partial charge in [-0.05, 0) is 13.8 Å². The van der Waals surface area contributed by atoms with Gasteiger partial charge in [-0.1, -0.05) is 23.2 Å². The second kappa shape index (κ2) is 4.03. The average molecular weight is 258 g/mol. The SMILES string of the molecule is CC(C)n1c(=O)nc(Cl)c2cnc(Cl)cc21.